The molecule has 116 valence electrons. The van der Waals surface area contributed by atoms with E-state index in [1.807, 2.05) is 6.07 Å². The zero-order valence-electron chi connectivity index (χ0n) is 12.5. The van der Waals surface area contributed by atoms with Gasteiger partial charge >= 0.3 is 0 Å². The van der Waals surface area contributed by atoms with Gasteiger partial charge in [-0.1, -0.05) is 30.5 Å². The van der Waals surface area contributed by atoms with Crippen molar-refractivity contribution in [2.45, 2.75) is 56.5 Å². The Balaban J connectivity index is 1.77. The summed E-state index contributed by atoms with van der Waals surface area (Å²) in [5.74, 6) is -0.357. The molecule has 2 fully saturated rings. The summed E-state index contributed by atoms with van der Waals surface area (Å²) in [4.78, 5) is 2.62. The second-order valence-corrected chi connectivity index (χ2v) is 6.97. The Morgan fingerprint density at radius 1 is 1.19 bits per heavy atom. The van der Waals surface area contributed by atoms with Gasteiger partial charge in [0.25, 0.3) is 0 Å². The van der Waals surface area contributed by atoms with Gasteiger partial charge in [-0.3, -0.25) is 4.90 Å². The molecule has 2 aliphatic rings. The monoisotopic (exact) mass is 310 g/mol. The van der Waals surface area contributed by atoms with E-state index in [0.717, 1.165) is 12.0 Å². The Kier molecular flexibility index (Phi) is 4.53. The minimum atomic E-state index is -0.357. The van der Waals surface area contributed by atoms with Crippen LogP contribution in [0.25, 0.3) is 0 Å². The van der Waals surface area contributed by atoms with Crippen molar-refractivity contribution in [1.29, 1.82) is 0 Å². The molecule has 1 heterocycles. The lowest BCUT2D eigenvalue weighted by Gasteiger charge is -2.43. The molecule has 1 aromatic carbocycles. The third-order valence-electron chi connectivity index (χ3n) is 5.34. The lowest BCUT2D eigenvalue weighted by atomic mass is 9.83. The highest BCUT2D eigenvalue weighted by molar-refractivity contribution is 6.30. The van der Waals surface area contributed by atoms with Gasteiger partial charge in [0.2, 0.25) is 0 Å². The fourth-order valence-corrected chi connectivity index (χ4v) is 4.38. The molecule has 3 rings (SSSR count). The quantitative estimate of drug-likeness (QED) is 0.917. The number of likely N-dealkylation sites (tertiary alicyclic amines) is 1. The highest BCUT2D eigenvalue weighted by Crippen LogP contribution is 2.40. The van der Waals surface area contributed by atoms with E-state index in [2.05, 4.69) is 4.90 Å². The van der Waals surface area contributed by atoms with E-state index in [-0.39, 0.29) is 22.4 Å². The standard InChI is InChI=1S/C17H24ClFN2/c18-14-11-13(5-6-15(14)19)12-16(20)17(7-1-2-8-17)21-9-3-4-10-21/h5-6,11,16H,1-4,7-10,12,20H2. The molecule has 1 unspecified atom stereocenters. The molecule has 1 saturated heterocycles. The van der Waals surface area contributed by atoms with Crippen LogP contribution >= 0.6 is 11.6 Å². The topological polar surface area (TPSA) is 29.3 Å². The van der Waals surface area contributed by atoms with Gasteiger partial charge in [-0.05, 0) is 62.9 Å². The smallest absolute Gasteiger partial charge is 0.141 e. The molecule has 21 heavy (non-hydrogen) atoms. The molecule has 1 atom stereocenters. The van der Waals surface area contributed by atoms with Crippen molar-refractivity contribution in [3.05, 3.63) is 34.6 Å². The summed E-state index contributed by atoms with van der Waals surface area (Å²) in [5.41, 5.74) is 7.83. The van der Waals surface area contributed by atoms with E-state index < -0.39 is 0 Å². The summed E-state index contributed by atoms with van der Waals surface area (Å²) >= 11 is 5.89. The maximum atomic E-state index is 13.3. The van der Waals surface area contributed by atoms with E-state index in [9.17, 15) is 4.39 Å². The third-order valence-corrected chi connectivity index (χ3v) is 5.62. The maximum Gasteiger partial charge on any atom is 0.141 e. The fraction of sp³-hybridized carbons (Fsp3) is 0.647. The van der Waals surface area contributed by atoms with E-state index in [0.29, 0.717) is 0 Å². The van der Waals surface area contributed by atoms with Crippen LogP contribution < -0.4 is 5.73 Å². The van der Waals surface area contributed by atoms with Crippen LogP contribution in [0.15, 0.2) is 18.2 Å². The highest BCUT2D eigenvalue weighted by atomic mass is 35.5. The Hall–Kier alpha value is -0.640. The molecule has 1 aliphatic carbocycles. The Labute approximate surface area is 131 Å². The SMILES string of the molecule is NC(Cc1ccc(F)c(Cl)c1)C1(N2CCCC2)CCCC1. The van der Waals surface area contributed by atoms with Crippen LogP contribution in [0.4, 0.5) is 4.39 Å². The summed E-state index contributed by atoms with van der Waals surface area (Å²) in [6, 6.07) is 5.08. The largest absolute Gasteiger partial charge is 0.326 e. The number of hydrogen-bond donors (Lipinski definition) is 1. The first-order valence-corrected chi connectivity index (χ1v) is 8.44. The van der Waals surface area contributed by atoms with E-state index >= 15 is 0 Å². The number of hydrogen-bond acceptors (Lipinski definition) is 2. The van der Waals surface area contributed by atoms with Crippen molar-refractivity contribution in [2.24, 2.45) is 5.73 Å². The fourth-order valence-electron chi connectivity index (χ4n) is 4.18. The van der Waals surface area contributed by atoms with Gasteiger partial charge in [-0.2, -0.15) is 0 Å². The normalized spacial score (nSPS) is 23.6. The first-order valence-electron chi connectivity index (χ1n) is 8.06. The van der Waals surface area contributed by atoms with Crippen molar-refractivity contribution >= 4 is 11.6 Å². The van der Waals surface area contributed by atoms with Crippen LogP contribution in [0.3, 0.4) is 0 Å². The molecule has 0 spiro atoms. The molecule has 0 bridgehead atoms. The molecular weight excluding hydrogens is 287 g/mol. The van der Waals surface area contributed by atoms with Gasteiger partial charge in [-0.15, -0.1) is 0 Å². The summed E-state index contributed by atoms with van der Waals surface area (Å²) in [7, 11) is 0. The molecule has 1 aromatic rings. The lowest BCUT2D eigenvalue weighted by Crippen LogP contribution is -2.58. The van der Waals surface area contributed by atoms with Crippen molar-refractivity contribution in [2.75, 3.05) is 13.1 Å². The molecule has 4 heteroatoms. The number of halogens is 2. The third kappa shape index (κ3) is 2.96. The predicted octanol–water partition coefficient (Wildman–Crippen LogP) is 3.76. The second-order valence-electron chi connectivity index (χ2n) is 6.56. The van der Waals surface area contributed by atoms with Gasteiger partial charge in [0, 0.05) is 11.6 Å². The van der Waals surface area contributed by atoms with Crippen LogP contribution in [-0.2, 0) is 6.42 Å². The molecular formula is C17H24ClFN2. The minimum Gasteiger partial charge on any atom is -0.326 e. The van der Waals surface area contributed by atoms with Crippen LogP contribution in [0.2, 0.25) is 5.02 Å². The van der Waals surface area contributed by atoms with Gasteiger partial charge < -0.3 is 5.73 Å². The first-order chi connectivity index (χ1) is 10.1. The summed E-state index contributed by atoms with van der Waals surface area (Å²) in [6.07, 6.45) is 8.29. The Morgan fingerprint density at radius 3 is 2.48 bits per heavy atom. The number of nitrogens with zero attached hydrogens (tertiary/aromatic N) is 1. The second kappa shape index (κ2) is 6.23. The average molecular weight is 311 g/mol. The molecule has 1 saturated carbocycles. The van der Waals surface area contributed by atoms with Gasteiger partial charge in [0.15, 0.2) is 0 Å². The molecule has 2 nitrogen and oxygen atoms in total. The zero-order chi connectivity index (χ0) is 14.9. The van der Waals surface area contributed by atoms with E-state index in [1.54, 1.807) is 6.07 Å². The molecule has 0 amide bonds. The van der Waals surface area contributed by atoms with E-state index in [1.165, 1.54) is 57.7 Å². The van der Waals surface area contributed by atoms with Crippen molar-refractivity contribution in [3.8, 4) is 0 Å². The van der Waals surface area contributed by atoms with Crippen molar-refractivity contribution < 1.29 is 4.39 Å². The minimum absolute atomic E-state index is 0.0969. The molecule has 0 radical (unpaired) electrons. The summed E-state index contributed by atoms with van der Waals surface area (Å²) in [6.45, 7) is 2.36. The van der Waals surface area contributed by atoms with Crippen LogP contribution in [0.5, 0.6) is 0 Å². The Morgan fingerprint density at radius 2 is 1.86 bits per heavy atom. The molecule has 2 N–H and O–H groups in total. The Bertz CT molecular complexity index is 494. The number of nitrogens with two attached hydrogens (primary N) is 1. The van der Waals surface area contributed by atoms with E-state index in [4.69, 9.17) is 17.3 Å². The average Bonchev–Trinajstić information content (AvgIpc) is 3.13. The molecule has 1 aliphatic heterocycles. The maximum absolute atomic E-state index is 13.3. The van der Waals surface area contributed by atoms with Gasteiger partial charge in [0.05, 0.1) is 5.02 Å². The van der Waals surface area contributed by atoms with Crippen LogP contribution in [0, 0.1) is 5.82 Å². The number of rotatable bonds is 4. The molecule has 0 aromatic heterocycles. The lowest BCUT2D eigenvalue weighted by molar-refractivity contribution is 0.0921. The van der Waals surface area contributed by atoms with Gasteiger partial charge in [0.1, 0.15) is 5.82 Å². The predicted molar refractivity (Wildman–Crippen MR) is 85.1 cm³/mol. The number of benzene rings is 1. The van der Waals surface area contributed by atoms with Crippen molar-refractivity contribution in [3.63, 3.8) is 0 Å². The van der Waals surface area contributed by atoms with Crippen LogP contribution in [-0.4, -0.2) is 29.6 Å². The first kappa shape index (κ1) is 15.3. The van der Waals surface area contributed by atoms with Gasteiger partial charge in [-0.25, -0.2) is 4.39 Å². The summed E-state index contributed by atoms with van der Waals surface area (Å²) in [5, 5.41) is 0.196. The van der Waals surface area contributed by atoms with Crippen LogP contribution in [0.1, 0.15) is 44.1 Å². The van der Waals surface area contributed by atoms with Crippen molar-refractivity contribution in [1.82, 2.24) is 4.90 Å². The highest BCUT2D eigenvalue weighted by Gasteiger charge is 2.44. The zero-order valence-corrected chi connectivity index (χ0v) is 13.2. The summed E-state index contributed by atoms with van der Waals surface area (Å²) < 4.78 is 13.3.